The highest BCUT2D eigenvalue weighted by atomic mass is 16.5. The van der Waals surface area contributed by atoms with Crippen LogP contribution in [0.5, 0.6) is 23.0 Å². The summed E-state index contributed by atoms with van der Waals surface area (Å²) in [7, 11) is 4.61. The first-order valence-corrected chi connectivity index (χ1v) is 14.7. The van der Waals surface area contributed by atoms with Gasteiger partial charge in [0.2, 0.25) is 5.75 Å². The van der Waals surface area contributed by atoms with E-state index in [4.69, 9.17) is 23.9 Å². The van der Waals surface area contributed by atoms with E-state index in [1.807, 2.05) is 6.07 Å². The average Bonchev–Trinajstić information content (AvgIpc) is 3.36. The molecule has 0 spiro atoms. The van der Waals surface area contributed by atoms with E-state index < -0.39 is 0 Å². The minimum atomic E-state index is -0.169. The number of para-hydroxylation sites is 3. The summed E-state index contributed by atoms with van der Waals surface area (Å²) in [6, 6.07) is 17.9. The second kappa shape index (κ2) is 15.1. The van der Waals surface area contributed by atoms with Crippen molar-refractivity contribution in [3.63, 3.8) is 0 Å². The second-order valence-electron chi connectivity index (χ2n) is 10.4. The number of amides is 1. The zero-order chi connectivity index (χ0) is 29.9. The van der Waals surface area contributed by atoms with Crippen LogP contribution in [0.3, 0.4) is 0 Å². The van der Waals surface area contributed by atoms with Crippen LogP contribution in [-0.4, -0.2) is 49.9 Å². The van der Waals surface area contributed by atoms with Crippen LogP contribution in [0.25, 0.3) is 11.0 Å². The lowest BCUT2D eigenvalue weighted by Gasteiger charge is -2.14. The van der Waals surface area contributed by atoms with E-state index >= 15 is 0 Å². The van der Waals surface area contributed by atoms with Crippen molar-refractivity contribution < 1.29 is 23.7 Å². The lowest BCUT2D eigenvalue weighted by Crippen LogP contribution is -2.24. The first-order valence-electron chi connectivity index (χ1n) is 14.7. The highest BCUT2D eigenvalue weighted by Gasteiger charge is 2.17. The summed E-state index contributed by atoms with van der Waals surface area (Å²) in [5.41, 5.74) is 5.05. The molecule has 42 heavy (non-hydrogen) atoms. The number of ether oxygens (including phenoxy) is 4. The molecule has 1 heterocycles. The molecule has 224 valence electrons. The van der Waals surface area contributed by atoms with Crippen LogP contribution in [0.2, 0.25) is 0 Å². The molecule has 0 unspecified atom stereocenters. The van der Waals surface area contributed by atoms with Crippen molar-refractivity contribution in [1.29, 1.82) is 0 Å². The number of methoxy groups -OCH3 is 3. The maximum absolute atomic E-state index is 12.8. The summed E-state index contributed by atoms with van der Waals surface area (Å²) < 4.78 is 24.5. The number of hydrogen-bond donors (Lipinski definition) is 1. The Balaban J connectivity index is 1.25. The van der Waals surface area contributed by atoms with Crippen LogP contribution in [0.4, 0.5) is 0 Å². The maximum Gasteiger partial charge on any atom is 0.251 e. The normalized spacial score (nSPS) is 11.0. The third-order valence-electron chi connectivity index (χ3n) is 7.45. The Bertz CT molecular complexity index is 1430. The van der Waals surface area contributed by atoms with E-state index in [1.54, 1.807) is 19.2 Å². The largest absolute Gasteiger partial charge is 0.493 e. The van der Waals surface area contributed by atoms with Gasteiger partial charge in [0, 0.05) is 25.1 Å². The molecule has 0 saturated carbocycles. The molecular weight excluding hydrogens is 530 g/mol. The smallest absolute Gasteiger partial charge is 0.251 e. The number of carbonyl (C=O) groups excluding carboxylic acids is 1. The summed E-state index contributed by atoms with van der Waals surface area (Å²) in [6.07, 6.45) is 5.76. The van der Waals surface area contributed by atoms with Gasteiger partial charge in [0.25, 0.3) is 5.91 Å². The molecule has 0 aliphatic rings. The maximum atomic E-state index is 12.8. The highest BCUT2D eigenvalue weighted by molar-refractivity contribution is 5.95. The Labute approximate surface area is 249 Å². The van der Waals surface area contributed by atoms with Crippen molar-refractivity contribution in [2.24, 2.45) is 0 Å². The number of nitrogens with one attached hydrogen (secondary N) is 1. The predicted molar refractivity (Wildman–Crippen MR) is 166 cm³/mol. The minimum Gasteiger partial charge on any atom is -0.493 e. The van der Waals surface area contributed by atoms with Crippen molar-refractivity contribution in [3.05, 3.63) is 77.1 Å². The lowest BCUT2D eigenvalue weighted by molar-refractivity contribution is 0.0952. The predicted octanol–water partition coefficient (Wildman–Crippen LogP) is 6.68. The average molecular weight is 574 g/mol. The summed E-state index contributed by atoms with van der Waals surface area (Å²) in [5.74, 6) is 3.34. The van der Waals surface area contributed by atoms with Crippen molar-refractivity contribution in [1.82, 2.24) is 14.9 Å². The number of aromatic nitrogens is 2. The first kappa shape index (κ1) is 30.8. The molecule has 1 amide bonds. The molecule has 0 aliphatic heterocycles. The van der Waals surface area contributed by atoms with Gasteiger partial charge in [-0.1, -0.05) is 36.8 Å². The van der Waals surface area contributed by atoms with E-state index in [0.717, 1.165) is 62.2 Å². The Morgan fingerprint density at radius 2 is 1.52 bits per heavy atom. The third kappa shape index (κ3) is 7.55. The molecule has 0 bridgehead atoms. The van der Waals surface area contributed by atoms with E-state index in [1.165, 1.54) is 30.9 Å². The number of rotatable bonds is 16. The standard InChI is InChI=1S/C34H43N3O5/c1-24-14-13-15-25(2)32(24)42-21-12-11-20-37-28-17-9-8-16-27(28)36-31(37)18-7-6-10-19-35-34(38)26-22-29(39-3)33(41-5)30(23-26)40-4/h8-9,13-17,22-23H,6-7,10-12,18-21H2,1-5H3,(H,35,38). The summed E-state index contributed by atoms with van der Waals surface area (Å²) >= 11 is 0. The van der Waals surface area contributed by atoms with Crippen molar-refractivity contribution >= 4 is 16.9 Å². The van der Waals surface area contributed by atoms with Crippen LogP contribution < -0.4 is 24.3 Å². The SMILES string of the molecule is COc1cc(C(=O)NCCCCCc2nc3ccccc3n2CCCCOc2c(C)cccc2C)cc(OC)c1OC. The number of hydrogen-bond acceptors (Lipinski definition) is 6. The molecule has 1 aromatic heterocycles. The number of carbonyl (C=O) groups is 1. The summed E-state index contributed by atoms with van der Waals surface area (Å²) in [6.45, 7) is 6.39. The van der Waals surface area contributed by atoms with Crippen LogP contribution in [0.1, 0.15) is 59.4 Å². The molecular formula is C34H43N3O5. The second-order valence-corrected chi connectivity index (χ2v) is 10.4. The molecule has 0 saturated heterocycles. The van der Waals surface area contributed by atoms with Crippen molar-refractivity contribution in [2.75, 3.05) is 34.5 Å². The van der Waals surface area contributed by atoms with Crippen LogP contribution in [0, 0.1) is 13.8 Å². The van der Waals surface area contributed by atoms with Crippen LogP contribution >= 0.6 is 0 Å². The highest BCUT2D eigenvalue weighted by Crippen LogP contribution is 2.38. The van der Waals surface area contributed by atoms with Crippen LogP contribution in [-0.2, 0) is 13.0 Å². The quantitative estimate of drug-likeness (QED) is 0.151. The number of benzene rings is 3. The molecule has 8 heteroatoms. The fourth-order valence-electron chi connectivity index (χ4n) is 5.24. The van der Waals surface area contributed by atoms with Gasteiger partial charge < -0.3 is 28.8 Å². The van der Waals surface area contributed by atoms with Gasteiger partial charge in [0.05, 0.1) is 39.0 Å². The molecule has 4 rings (SSSR count). The first-order chi connectivity index (χ1) is 20.5. The molecule has 0 radical (unpaired) electrons. The molecule has 1 N–H and O–H groups in total. The molecule has 0 atom stereocenters. The molecule has 3 aromatic carbocycles. The number of aryl methyl sites for hydroxylation is 4. The van der Waals surface area contributed by atoms with E-state index in [9.17, 15) is 4.79 Å². The topological polar surface area (TPSA) is 83.8 Å². The Morgan fingerprint density at radius 3 is 2.21 bits per heavy atom. The van der Waals surface area contributed by atoms with Gasteiger partial charge in [0.15, 0.2) is 11.5 Å². The van der Waals surface area contributed by atoms with E-state index in [-0.39, 0.29) is 5.91 Å². The Hall–Kier alpha value is -4.20. The summed E-state index contributed by atoms with van der Waals surface area (Å²) in [4.78, 5) is 17.7. The van der Waals surface area contributed by atoms with E-state index in [2.05, 4.69) is 60.1 Å². The number of unbranched alkanes of at least 4 members (excludes halogenated alkanes) is 3. The van der Waals surface area contributed by atoms with Crippen molar-refractivity contribution in [2.45, 2.75) is 58.9 Å². The third-order valence-corrected chi connectivity index (χ3v) is 7.45. The molecule has 8 nitrogen and oxygen atoms in total. The van der Waals surface area contributed by atoms with Gasteiger partial charge >= 0.3 is 0 Å². The zero-order valence-electron chi connectivity index (χ0n) is 25.5. The van der Waals surface area contributed by atoms with E-state index in [0.29, 0.717) is 36.0 Å². The molecule has 0 fully saturated rings. The van der Waals surface area contributed by atoms with Crippen LogP contribution in [0.15, 0.2) is 54.6 Å². The minimum absolute atomic E-state index is 0.169. The van der Waals surface area contributed by atoms with Gasteiger partial charge in [-0.2, -0.15) is 0 Å². The molecule has 4 aromatic rings. The lowest BCUT2D eigenvalue weighted by atomic mass is 10.1. The van der Waals surface area contributed by atoms with Gasteiger partial charge in [-0.25, -0.2) is 4.98 Å². The number of fused-ring (bicyclic) bond motifs is 1. The van der Waals surface area contributed by atoms with Gasteiger partial charge in [-0.3, -0.25) is 4.79 Å². The fraction of sp³-hybridized carbons (Fsp3) is 0.412. The Kier molecular flexibility index (Phi) is 11.1. The molecule has 0 aliphatic carbocycles. The van der Waals surface area contributed by atoms with Crippen molar-refractivity contribution in [3.8, 4) is 23.0 Å². The van der Waals surface area contributed by atoms with Gasteiger partial charge in [-0.15, -0.1) is 0 Å². The Morgan fingerprint density at radius 1 is 0.810 bits per heavy atom. The summed E-state index contributed by atoms with van der Waals surface area (Å²) in [5, 5.41) is 3.01. The van der Waals surface area contributed by atoms with Gasteiger partial charge in [0.1, 0.15) is 11.6 Å². The monoisotopic (exact) mass is 573 g/mol. The van der Waals surface area contributed by atoms with Gasteiger partial charge in [-0.05, 0) is 74.9 Å². The number of imidazole rings is 1. The zero-order valence-corrected chi connectivity index (χ0v) is 25.5. The number of nitrogens with zero attached hydrogens (tertiary/aromatic N) is 2. The fourth-order valence-corrected chi connectivity index (χ4v) is 5.24.